The molecule has 0 radical (unpaired) electrons. The average Bonchev–Trinajstić information content (AvgIpc) is 3.11. The molecule has 27 heavy (non-hydrogen) atoms. The Morgan fingerprint density at radius 2 is 2.00 bits per heavy atom. The van der Waals surface area contributed by atoms with Crippen molar-refractivity contribution >= 4 is 5.91 Å². The highest BCUT2D eigenvalue weighted by atomic mass is 19.1. The predicted molar refractivity (Wildman–Crippen MR) is 99.0 cm³/mol. The van der Waals surface area contributed by atoms with Gasteiger partial charge < -0.3 is 9.42 Å². The highest BCUT2D eigenvalue weighted by Crippen LogP contribution is 2.23. The molecular formula is C20H21FN4O2. The van der Waals surface area contributed by atoms with Crippen LogP contribution in [0.1, 0.15) is 17.4 Å². The Labute approximate surface area is 157 Å². The van der Waals surface area contributed by atoms with Crippen molar-refractivity contribution in [2.45, 2.75) is 12.6 Å². The van der Waals surface area contributed by atoms with E-state index in [4.69, 9.17) is 4.52 Å². The van der Waals surface area contributed by atoms with Crippen LogP contribution in [0.4, 0.5) is 4.39 Å². The zero-order valence-corrected chi connectivity index (χ0v) is 15.5. The summed E-state index contributed by atoms with van der Waals surface area (Å²) in [4.78, 5) is 20.3. The third-order valence-corrected chi connectivity index (χ3v) is 4.20. The van der Waals surface area contributed by atoms with E-state index in [2.05, 4.69) is 10.1 Å². The highest BCUT2D eigenvalue weighted by molar-refractivity contribution is 5.83. The molecular weight excluding hydrogens is 347 g/mol. The Balaban J connectivity index is 1.75. The van der Waals surface area contributed by atoms with Crippen molar-refractivity contribution in [3.05, 3.63) is 72.0 Å². The van der Waals surface area contributed by atoms with Gasteiger partial charge in [0.05, 0.1) is 6.54 Å². The number of benzene rings is 1. The van der Waals surface area contributed by atoms with Gasteiger partial charge in [-0.1, -0.05) is 17.3 Å². The van der Waals surface area contributed by atoms with Crippen molar-refractivity contribution in [1.29, 1.82) is 0 Å². The van der Waals surface area contributed by atoms with Gasteiger partial charge >= 0.3 is 0 Å². The fraction of sp³-hybridized carbons (Fsp3) is 0.250. The quantitative estimate of drug-likeness (QED) is 0.669. The summed E-state index contributed by atoms with van der Waals surface area (Å²) < 4.78 is 19.0. The topological polar surface area (TPSA) is 62.5 Å². The highest BCUT2D eigenvalue weighted by Gasteiger charge is 2.27. The maximum absolute atomic E-state index is 13.6. The Morgan fingerprint density at radius 1 is 1.19 bits per heavy atom. The first-order valence-corrected chi connectivity index (χ1v) is 8.48. The van der Waals surface area contributed by atoms with E-state index in [0.29, 0.717) is 17.0 Å². The summed E-state index contributed by atoms with van der Waals surface area (Å²) in [5.74, 6) is 0.0255. The lowest BCUT2D eigenvalue weighted by Gasteiger charge is -2.28. The minimum Gasteiger partial charge on any atom is -0.359 e. The van der Waals surface area contributed by atoms with E-state index in [0.717, 1.165) is 5.56 Å². The summed E-state index contributed by atoms with van der Waals surface area (Å²) in [6.45, 7) is 0.256. The molecule has 0 bridgehead atoms. The number of pyridine rings is 1. The van der Waals surface area contributed by atoms with Gasteiger partial charge in [0, 0.05) is 31.1 Å². The number of rotatable bonds is 6. The molecule has 3 rings (SSSR count). The molecule has 0 aliphatic rings. The van der Waals surface area contributed by atoms with Gasteiger partial charge in [-0.15, -0.1) is 0 Å². The summed E-state index contributed by atoms with van der Waals surface area (Å²) >= 11 is 0. The molecule has 1 aromatic carbocycles. The lowest BCUT2D eigenvalue weighted by atomic mass is 10.0. The molecule has 3 aromatic rings. The van der Waals surface area contributed by atoms with E-state index in [1.54, 1.807) is 61.5 Å². The monoisotopic (exact) mass is 368 g/mol. The molecule has 1 unspecified atom stereocenters. The summed E-state index contributed by atoms with van der Waals surface area (Å²) in [5.41, 5.74) is 2.10. The second kappa shape index (κ2) is 8.09. The van der Waals surface area contributed by atoms with Gasteiger partial charge in [-0.2, -0.15) is 0 Å². The maximum atomic E-state index is 13.6. The van der Waals surface area contributed by atoms with Crippen LogP contribution in [0.5, 0.6) is 0 Å². The molecule has 0 aliphatic carbocycles. The largest absolute Gasteiger partial charge is 0.359 e. The summed E-state index contributed by atoms with van der Waals surface area (Å²) in [5, 5.41) is 4.04. The van der Waals surface area contributed by atoms with E-state index < -0.39 is 6.04 Å². The number of aromatic nitrogens is 2. The van der Waals surface area contributed by atoms with Crippen molar-refractivity contribution in [2.75, 3.05) is 21.1 Å². The fourth-order valence-corrected chi connectivity index (χ4v) is 2.90. The number of likely N-dealkylation sites (N-methyl/N-ethyl adjacent to an activating group) is 2. The minimum atomic E-state index is -0.591. The first kappa shape index (κ1) is 18.7. The van der Waals surface area contributed by atoms with Crippen LogP contribution in [0.15, 0.2) is 59.4 Å². The second-order valence-electron chi connectivity index (χ2n) is 6.54. The third-order valence-electron chi connectivity index (χ3n) is 4.20. The van der Waals surface area contributed by atoms with E-state index in [9.17, 15) is 9.18 Å². The van der Waals surface area contributed by atoms with Crippen molar-refractivity contribution in [1.82, 2.24) is 19.9 Å². The van der Waals surface area contributed by atoms with E-state index in [1.165, 1.54) is 12.1 Å². The van der Waals surface area contributed by atoms with E-state index in [-0.39, 0.29) is 18.3 Å². The van der Waals surface area contributed by atoms with Gasteiger partial charge in [0.25, 0.3) is 0 Å². The maximum Gasteiger partial charge on any atom is 0.244 e. The molecule has 0 fully saturated rings. The Bertz CT molecular complexity index is 911. The standard InChI is InChI=1S/C20H21FN4O2/c1-24(2)19(14-6-4-8-16(21)10-14)20(26)25(3)13-17-11-18(23-27-17)15-7-5-9-22-12-15/h4-12,19H,13H2,1-3H3. The molecule has 1 amide bonds. The van der Waals surface area contributed by atoms with Crippen molar-refractivity contribution in [3.63, 3.8) is 0 Å². The molecule has 140 valence electrons. The molecule has 0 saturated carbocycles. The normalized spacial score (nSPS) is 12.2. The smallest absolute Gasteiger partial charge is 0.244 e. The molecule has 0 aliphatic heterocycles. The van der Waals surface area contributed by atoms with Gasteiger partial charge in [-0.25, -0.2) is 4.39 Å². The molecule has 2 heterocycles. The van der Waals surface area contributed by atoms with E-state index >= 15 is 0 Å². The average molecular weight is 368 g/mol. The van der Waals surface area contributed by atoms with Gasteiger partial charge in [-0.3, -0.25) is 14.7 Å². The number of hydrogen-bond donors (Lipinski definition) is 0. The summed E-state index contributed by atoms with van der Waals surface area (Å²) in [6.07, 6.45) is 3.38. The van der Waals surface area contributed by atoms with Crippen LogP contribution in [0.3, 0.4) is 0 Å². The summed E-state index contributed by atoms with van der Waals surface area (Å²) in [7, 11) is 5.26. The van der Waals surface area contributed by atoms with Crippen molar-refractivity contribution in [3.8, 4) is 11.3 Å². The van der Waals surface area contributed by atoms with Crippen LogP contribution < -0.4 is 0 Å². The minimum absolute atomic E-state index is 0.162. The Kier molecular flexibility index (Phi) is 5.61. The number of nitrogens with zero attached hydrogens (tertiary/aromatic N) is 4. The third kappa shape index (κ3) is 4.38. The molecule has 7 heteroatoms. The molecule has 0 N–H and O–H groups in total. The van der Waals surface area contributed by atoms with Gasteiger partial charge in [0.1, 0.15) is 17.6 Å². The first-order valence-electron chi connectivity index (χ1n) is 8.48. The Hall–Kier alpha value is -3.06. The number of carbonyl (C=O) groups is 1. The van der Waals surface area contributed by atoms with Gasteiger partial charge in [0.2, 0.25) is 5.91 Å². The Morgan fingerprint density at radius 3 is 2.67 bits per heavy atom. The zero-order valence-electron chi connectivity index (χ0n) is 15.5. The molecule has 0 saturated heterocycles. The molecule has 0 spiro atoms. The van der Waals surface area contributed by atoms with Crippen LogP contribution in [0.25, 0.3) is 11.3 Å². The predicted octanol–water partition coefficient (Wildman–Crippen LogP) is 3.14. The number of amides is 1. The lowest BCUT2D eigenvalue weighted by Crippen LogP contribution is -2.38. The number of hydrogen-bond acceptors (Lipinski definition) is 5. The van der Waals surface area contributed by atoms with Crippen LogP contribution in [-0.4, -0.2) is 47.0 Å². The second-order valence-corrected chi connectivity index (χ2v) is 6.54. The van der Waals surface area contributed by atoms with Crippen molar-refractivity contribution < 1.29 is 13.7 Å². The van der Waals surface area contributed by atoms with Crippen LogP contribution in [0, 0.1) is 5.82 Å². The molecule has 6 nitrogen and oxygen atoms in total. The SMILES string of the molecule is CN(Cc1cc(-c2cccnc2)no1)C(=O)C(c1cccc(F)c1)N(C)C. The van der Waals surface area contributed by atoms with E-state index in [1.807, 2.05) is 12.1 Å². The van der Waals surface area contributed by atoms with Gasteiger partial charge in [0.15, 0.2) is 5.76 Å². The fourth-order valence-electron chi connectivity index (χ4n) is 2.90. The van der Waals surface area contributed by atoms with Crippen molar-refractivity contribution in [2.24, 2.45) is 0 Å². The van der Waals surface area contributed by atoms with Gasteiger partial charge in [-0.05, 0) is 43.9 Å². The number of halogens is 1. The zero-order chi connectivity index (χ0) is 19.4. The summed E-state index contributed by atoms with van der Waals surface area (Å²) in [6, 6.07) is 11.0. The van der Waals surface area contributed by atoms with Crippen LogP contribution >= 0.6 is 0 Å². The lowest BCUT2D eigenvalue weighted by molar-refractivity contribution is -0.135. The number of carbonyl (C=O) groups excluding carboxylic acids is 1. The van der Waals surface area contributed by atoms with Crippen LogP contribution in [0.2, 0.25) is 0 Å². The first-order chi connectivity index (χ1) is 13.0. The molecule has 1 atom stereocenters. The van der Waals surface area contributed by atoms with Crippen LogP contribution in [-0.2, 0) is 11.3 Å². The molecule has 2 aromatic heterocycles.